The highest BCUT2D eigenvalue weighted by atomic mass is 16.5. The fourth-order valence-corrected chi connectivity index (χ4v) is 2.04. The van der Waals surface area contributed by atoms with Crippen LogP contribution in [0.25, 0.3) is 0 Å². The molecule has 0 atom stereocenters. The Labute approximate surface area is 132 Å². The molecule has 0 unspecified atom stereocenters. The second kappa shape index (κ2) is 8.17. The summed E-state index contributed by atoms with van der Waals surface area (Å²) in [5.41, 5.74) is 2.34. The number of ether oxygens (including phenoxy) is 2. The Morgan fingerprint density at radius 2 is 1.55 bits per heavy atom. The molecular formula is C18H24N2O2. The van der Waals surface area contributed by atoms with Gasteiger partial charge in [-0.05, 0) is 55.0 Å². The van der Waals surface area contributed by atoms with Crippen LogP contribution in [0, 0.1) is 0 Å². The van der Waals surface area contributed by atoms with Crippen LogP contribution in [0.15, 0.2) is 48.5 Å². The number of hydrogen-bond acceptors (Lipinski definition) is 4. The lowest BCUT2D eigenvalue weighted by molar-refractivity contribution is 0.314. The minimum atomic E-state index is 0.690. The van der Waals surface area contributed by atoms with Gasteiger partial charge in [0.15, 0.2) is 0 Å². The van der Waals surface area contributed by atoms with Crippen molar-refractivity contribution in [1.29, 1.82) is 0 Å². The number of anilines is 2. The van der Waals surface area contributed by atoms with Crippen LogP contribution in [-0.2, 0) is 0 Å². The molecule has 0 radical (unpaired) electrons. The van der Waals surface area contributed by atoms with Gasteiger partial charge in [-0.15, -0.1) is 0 Å². The van der Waals surface area contributed by atoms with E-state index in [0.717, 1.165) is 30.2 Å². The topological polar surface area (TPSA) is 33.7 Å². The van der Waals surface area contributed by atoms with Gasteiger partial charge < -0.3 is 19.7 Å². The third-order valence-corrected chi connectivity index (χ3v) is 3.36. The van der Waals surface area contributed by atoms with E-state index < -0.39 is 0 Å². The Hall–Kier alpha value is -2.36. The number of hydrogen-bond donors (Lipinski definition) is 1. The van der Waals surface area contributed by atoms with Gasteiger partial charge in [0.2, 0.25) is 0 Å². The molecule has 0 aromatic heterocycles. The van der Waals surface area contributed by atoms with Gasteiger partial charge in [-0.2, -0.15) is 0 Å². The normalized spacial score (nSPS) is 10.1. The van der Waals surface area contributed by atoms with Crippen molar-refractivity contribution in [3.8, 4) is 11.5 Å². The SMILES string of the molecule is COc1ccc(OCCCNc2ccc(N(C)C)cc2)cc1. The average Bonchev–Trinajstić information content (AvgIpc) is 2.55. The lowest BCUT2D eigenvalue weighted by Crippen LogP contribution is -2.09. The maximum atomic E-state index is 5.69. The minimum Gasteiger partial charge on any atom is -0.497 e. The second-order valence-corrected chi connectivity index (χ2v) is 5.25. The van der Waals surface area contributed by atoms with Crippen LogP contribution in [0.4, 0.5) is 11.4 Å². The summed E-state index contributed by atoms with van der Waals surface area (Å²) in [5, 5.41) is 3.40. The number of nitrogens with one attached hydrogen (secondary N) is 1. The highest BCUT2D eigenvalue weighted by Gasteiger charge is 1.97. The molecule has 0 aliphatic heterocycles. The Bertz CT molecular complexity index is 550. The fourth-order valence-electron chi connectivity index (χ4n) is 2.04. The summed E-state index contributed by atoms with van der Waals surface area (Å²) >= 11 is 0. The van der Waals surface area contributed by atoms with Crippen molar-refractivity contribution in [2.75, 3.05) is 44.6 Å². The van der Waals surface area contributed by atoms with Crippen molar-refractivity contribution >= 4 is 11.4 Å². The molecule has 0 bridgehead atoms. The molecular weight excluding hydrogens is 276 g/mol. The molecule has 0 spiro atoms. The van der Waals surface area contributed by atoms with Gasteiger partial charge in [0.05, 0.1) is 13.7 Å². The van der Waals surface area contributed by atoms with Crippen molar-refractivity contribution in [1.82, 2.24) is 0 Å². The summed E-state index contributed by atoms with van der Waals surface area (Å²) in [4.78, 5) is 2.09. The average molecular weight is 300 g/mol. The van der Waals surface area contributed by atoms with Gasteiger partial charge in [0, 0.05) is 32.0 Å². The minimum absolute atomic E-state index is 0.690. The zero-order chi connectivity index (χ0) is 15.8. The lowest BCUT2D eigenvalue weighted by Gasteiger charge is -2.13. The van der Waals surface area contributed by atoms with Crippen molar-refractivity contribution < 1.29 is 9.47 Å². The predicted octanol–water partition coefficient (Wildman–Crippen LogP) is 3.64. The van der Waals surface area contributed by atoms with E-state index in [9.17, 15) is 0 Å². The maximum absolute atomic E-state index is 5.69. The van der Waals surface area contributed by atoms with E-state index >= 15 is 0 Å². The van der Waals surface area contributed by atoms with Crippen LogP contribution in [0.5, 0.6) is 11.5 Å². The maximum Gasteiger partial charge on any atom is 0.119 e. The zero-order valence-corrected chi connectivity index (χ0v) is 13.5. The van der Waals surface area contributed by atoms with Crippen molar-refractivity contribution in [3.05, 3.63) is 48.5 Å². The Morgan fingerprint density at radius 3 is 2.14 bits per heavy atom. The monoisotopic (exact) mass is 300 g/mol. The van der Waals surface area contributed by atoms with E-state index in [1.807, 2.05) is 38.4 Å². The van der Waals surface area contributed by atoms with E-state index in [4.69, 9.17) is 9.47 Å². The van der Waals surface area contributed by atoms with E-state index in [-0.39, 0.29) is 0 Å². The van der Waals surface area contributed by atoms with E-state index in [2.05, 4.69) is 34.5 Å². The van der Waals surface area contributed by atoms with Crippen LogP contribution in [0.3, 0.4) is 0 Å². The van der Waals surface area contributed by atoms with Crippen LogP contribution in [0.2, 0.25) is 0 Å². The van der Waals surface area contributed by atoms with Gasteiger partial charge in [-0.1, -0.05) is 0 Å². The highest BCUT2D eigenvalue weighted by Crippen LogP contribution is 2.17. The molecule has 118 valence electrons. The van der Waals surface area contributed by atoms with Crippen molar-refractivity contribution in [2.45, 2.75) is 6.42 Å². The Kier molecular flexibility index (Phi) is 5.95. The molecule has 2 aromatic rings. The second-order valence-electron chi connectivity index (χ2n) is 5.25. The smallest absolute Gasteiger partial charge is 0.119 e. The number of rotatable bonds is 8. The Balaban J connectivity index is 1.66. The molecule has 2 aromatic carbocycles. The third-order valence-electron chi connectivity index (χ3n) is 3.36. The number of nitrogens with zero attached hydrogens (tertiary/aromatic N) is 1. The van der Waals surface area contributed by atoms with Crippen LogP contribution < -0.4 is 19.7 Å². The van der Waals surface area contributed by atoms with Crippen LogP contribution in [0.1, 0.15) is 6.42 Å². The summed E-state index contributed by atoms with van der Waals surface area (Å²) < 4.78 is 10.8. The molecule has 1 N–H and O–H groups in total. The molecule has 2 rings (SSSR count). The van der Waals surface area contributed by atoms with Gasteiger partial charge in [0.1, 0.15) is 11.5 Å². The first kappa shape index (κ1) is 16.0. The highest BCUT2D eigenvalue weighted by molar-refractivity contribution is 5.54. The van der Waals surface area contributed by atoms with Gasteiger partial charge in [0.25, 0.3) is 0 Å². The summed E-state index contributed by atoms with van der Waals surface area (Å²) in [6.07, 6.45) is 0.946. The molecule has 0 saturated carbocycles. The molecule has 4 heteroatoms. The van der Waals surface area contributed by atoms with Gasteiger partial charge >= 0.3 is 0 Å². The van der Waals surface area contributed by atoms with Gasteiger partial charge in [-0.25, -0.2) is 0 Å². The van der Waals surface area contributed by atoms with Crippen LogP contribution >= 0.6 is 0 Å². The summed E-state index contributed by atoms with van der Waals surface area (Å²) in [5.74, 6) is 1.71. The first-order chi connectivity index (χ1) is 10.7. The fraction of sp³-hybridized carbons (Fsp3) is 0.333. The number of benzene rings is 2. The summed E-state index contributed by atoms with van der Waals surface area (Å²) in [6.45, 7) is 1.58. The summed E-state index contributed by atoms with van der Waals surface area (Å²) in [6, 6.07) is 16.1. The summed E-state index contributed by atoms with van der Waals surface area (Å²) in [7, 11) is 5.74. The standard InChI is InChI=1S/C18H24N2O2/c1-20(2)16-7-5-15(6-8-16)19-13-4-14-22-18-11-9-17(21-3)10-12-18/h5-12,19H,4,13-14H2,1-3H3. The molecule has 0 heterocycles. The molecule has 0 amide bonds. The van der Waals surface area contributed by atoms with Crippen molar-refractivity contribution in [3.63, 3.8) is 0 Å². The molecule has 0 fully saturated rings. The van der Waals surface area contributed by atoms with Crippen LogP contribution in [-0.4, -0.2) is 34.4 Å². The molecule has 4 nitrogen and oxygen atoms in total. The van der Waals surface area contributed by atoms with E-state index in [1.165, 1.54) is 5.69 Å². The van der Waals surface area contributed by atoms with E-state index in [1.54, 1.807) is 7.11 Å². The molecule has 0 aliphatic carbocycles. The largest absolute Gasteiger partial charge is 0.497 e. The first-order valence-corrected chi connectivity index (χ1v) is 7.47. The first-order valence-electron chi connectivity index (χ1n) is 7.47. The zero-order valence-electron chi connectivity index (χ0n) is 13.5. The predicted molar refractivity (Wildman–Crippen MR) is 92.4 cm³/mol. The molecule has 0 saturated heterocycles. The third kappa shape index (κ3) is 4.88. The van der Waals surface area contributed by atoms with E-state index in [0.29, 0.717) is 6.61 Å². The lowest BCUT2D eigenvalue weighted by atomic mass is 10.2. The van der Waals surface area contributed by atoms with Crippen molar-refractivity contribution in [2.24, 2.45) is 0 Å². The quantitative estimate of drug-likeness (QED) is 0.755. The molecule has 22 heavy (non-hydrogen) atoms. The number of methoxy groups -OCH3 is 1. The molecule has 0 aliphatic rings. The Morgan fingerprint density at radius 1 is 0.909 bits per heavy atom. The van der Waals surface area contributed by atoms with Gasteiger partial charge in [-0.3, -0.25) is 0 Å².